The number of likely N-dealkylation sites (N-methyl/N-ethyl adjacent to an activating group) is 1. The Hall–Kier alpha value is -5.29. The predicted molar refractivity (Wildman–Crippen MR) is 232 cm³/mol. The number of carboxylic acids is 1. The van der Waals surface area contributed by atoms with Crippen LogP contribution in [0, 0.1) is 11.3 Å². The number of fused-ring (bicyclic) bond motifs is 1. The number of aliphatic carboxylic acids is 1. The van der Waals surface area contributed by atoms with Crippen LogP contribution in [0.4, 0.5) is 0 Å². The molecule has 60 heavy (non-hydrogen) atoms. The molecule has 0 aromatic heterocycles. The zero-order valence-corrected chi connectivity index (χ0v) is 36.1. The van der Waals surface area contributed by atoms with Crippen molar-refractivity contribution in [2.24, 2.45) is 33.5 Å². The predicted octanol–water partition coefficient (Wildman–Crippen LogP) is 1.26. The first-order chi connectivity index (χ1) is 28.4. The van der Waals surface area contributed by atoms with Crippen LogP contribution in [0.1, 0.15) is 91.5 Å². The molecular formula is C43H68N10O7. The first-order valence-corrected chi connectivity index (χ1v) is 21.0. The number of likely N-dealkylation sites (tertiary alicyclic amines) is 1. The number of carboxylic acid groups (broad SMARTS) is 1. The quantitative estimate of drug-likeness (QED) is 0.0437. The molecule has 17 heteroatoms. The van der Waals surface area contributed by atoms with Crippen LogP contribution in [0.25, 0.3) is 10.8 Å². The molecular weight excluding hydrogens is 769 g/mol. The minimum absolute atomic E-state index is 0.0201. The van der Waals surface area contributed by atoms with Gasteiger partial charge in [0.25, 0.3) is 0 Å². The number of guanidine groups is 1. The van der Waals surface area contributed by atoms with Gasteiger partial charge in [-0.25, -0.2) is 4.79 Å². The second-order valence-corrected chi connectivity index (χ2v) is 17.1. The van der Waals surface area contributed by atoms with Crippen LogP contribution in [0.15, 0.2) is 47.5 Å². The standard InChI is InChI=1S/C43H68N10O7/c1-26(2)23-33(41(59)60)51-39(57)35(43(3,4)5)52-37(55)32(25-27-18-19-28-13-7-8-14-29(28)24-27)50-38(56)34-17-12-22-53(34)40(58)31(15-9-10-20-44)49-36(54)30(47-6)16-11-21-48-42(45)46/h7-8,13-14,18-19,24,26,30-35,47H,9-12,15-17,20-23,25,44H2,1-6H3,(H,49,54)(H,50,56)(H,51,57)(H,52,55)(H,59,60)(H4,45,46,48)/t30-,31-,32-,33-,34-,35+/m0/s1. The van der Waals surface area contributed by atoms with Gasteiger partial charge in [-0.1, -0.05) is 77.1 Å². The summed E-state index contributed by atoms with van der Waals surface area (Å²) < 4.78 is 0. The number of carbonyl (C=O) groups is 6. The number of aliphatic imine (C=N–C) groups is 1. The molecule has 0 spiro atoms. The van der Waals surface area contributed by atoms with Crippen LogP contribution < -0.4 is 43.8 Å². The van der Waals surface area contributed by atoms with E-state index in [-0.39, 0.29) is 37.2 Å². The summed E-state index contributed by atoms with van der Waals surface area (Å²) >= 11 is 0. The van der Waals surface area contributed by atoms with Gasteiger partial charge >= 0.3 is 5.97 Å². The molecule has 1 heterocycles. The average Bonchev–Trinajstić information content (AvgIpc) is 3.68. The summed E-state index contributed by atoms with van der Waals surface area (Å²) in [6, 6.07) is 7.45. The van der Waals surface area contributed by atoms with Gasteiger partial charge in [-0.15, -0.1) is 0 Å². The molecule has 3 rings (SSSR count). The molecule has 0 radical (unpaired) electrons. The first kappa shape index (κ1) is 49.1. The SMILES string of the molecule is CN[C@@H](CCCN=C(N)N)C(=O)N[C@@H](CCCCN)C(=O)N1CCC[C@H]1C(=O)N[C@@H](Cc1ccc2ccccc2c1)C(=O)N[C@H](C(=O)N[C@@H](CC(C)C)C(=O)O)C(C)(C)C. The molecule has 2 aromatic rings. The molecule has 332 valence electrons. The van der Waals surface area contributed by atoms with Gasteiger partial charge < -0.3 is 53.8 Å². The molecule has 6 atom stereocenters. The Morgan fingerprint density at radius 2 is 1.48 bits per heavy atom. The van der Waals surface area contributed by atoms with Gasteiger partial charge in [0, 0.05) is 19.5 Å². The smallest absolute Gasteiger partial charge is 0.326 e. The molecule has 12 N–H and O–H groups in total. The van der Waals surface area contributed by atoms with E-state index < -0.39 is 71.3 Å². The zero-order chi connectivity index (χ0) is 44.6. The number of nitrogens with zero attached hydrogens (tertiary/aromatic N) is 2. The Kier molecular flexibility index (Phi) is 19.2. The van der Waals surface area contributed by atoms with Crippen LogP contribution >= 0.6 is 0 Å². The van der Waals surface area contributed by atoms with Crippen LogP contribution in [-0.2, 0) is 35.2 Å². The maximum atomic E-state index is 14.3. The highest BCUT2D eigenvalue weighted by molar-refractivity contribution is 5.97. The third-order valence-electron chi connectivity index (χ3n) is 10.6. The Bertz CT molecular complexity index is 1810. The summed E-state index contributed by atoms with van der Waals surface area (Å²) in [7, 11) is 1.65. The monoisotopic (exact) mass is 837 g/mol. The Morgan fingerprint density at radius 3 is 2.10 bits per heavy atom. The van der Waals surface area contributed by atoms with Crippen LogP contribution in [0.3, 0.4) is 0 Å². The van der Waals surface area contributed by atoms with Gasteiger partial charge in [0.05, 0.1) is 6.04 Å². The van der Waals surface area contributed by atoms with Crippen molar-refractivity contribution in [3.05, 3.63) is 48.0 Å². The largest absolute Gasteiger partial charge is 0.480 e. The fraction of sp³-hybridized carbons (Fsp3) is 0.605. The van der Waals surface area contributed by atoms with Crippen molar-refractivity contribution in [3.8, 4) is 0 Å². The van der Waals surface area contributed by atoms with Crippen molar-refractivity contribution in [2.75, 3.05) is 26.7 Å². The van der Waals surface area contributed by atoms with Gasteiger partial charge in [-0.2, -0.15) is 0 Å². The van der Waals surface area contributed by atoms with Gasteiger partial charge in [0.15, 0.2) is 5.96 Å². The molecule has 0 unspecified atom stereocenters. The number of nitrogens with one attached hydrogen (secondary N) is 5. The van der Waals surface area contributed by atoms with Crippen molar-refractivity contribution >= 4 is 52.2 Å². The molecule has 0 saturated carbocycles. The molecule has 0 bridgehead atoms. The number of unbranched alkanes of at least 4 members (excludes halogenated alkanes) is 1. The zero-order valence-electron chi connectivity index (χ0n) is 36.1. The number of amides is 5. The lowest BCUT2D eigenvalue weighted by Crippen LogP contribution is -2.61. The first-order valence-electron chi connectivity index (χ1n) is 21.0. The number of benzene rings is 2. The highest BCUT2D eigenvalue weighted by atomic mass is 16.4. The van der Waals surface area contributed by atoms with Crippen LogP contribution in [0.2, 0.25) is 0 Å². The summed E-state index contributed by atoms with van der Waals surface area (Å²) in [5.74, 6) is -3.90. The minimum atomic E-state index is -1.19. The fourth-order valence-corrected chi connectivity index (χ4v) is 7.38. The van der Waals surface area contributed by atoms with Gasteiger partial charge in [0.1, 0.15) is 30.2 Å². The number of hydrogen-bond donors (Lipinski definition) is 9. The number of carbonyl (C=O) groups excluding carboxylic acids is 5. The lowest BCUT2D eigenvalue weighted by atomic mass is 9.85. The van der Waals surface area contributed by atoms with E-state index >= 15 is 0 Å². The summed E-state index contributed by atoms with van der Waals surface area (Å²) in [6.45, 7) is 9.97. The Labute approximate surface area is 353 Å². The fourth-order valence-electron chi connectivity index (χ4n) is 7.38. The average molecular weight is 837 g/mol. The van der Waals surface area contributed by atoms with E-state index in [9.17, 15) is 33.9 Å². The molecule has 1 aliphatic heterocycles. The van der Waals surface area contributed by atoms with E-state index in [1.165, 1.54) is 4.90 Å². The number of nitrogens with two attached hydrogens (primary N) is 3. The van der Waals surface area contributed by atoms with Gasteiger partial charge in [-0.3, -0.25) is 29.0 Å². The third kappa shape index (κ3) is 15.1. The lowest BCUT2D eigenvalue weighted by molar-refractivity contribution is -0.143. The second kappa shape index (κ2) is 23.5. The van der Waals surface area contributed by atoms with E-state index in [1.54, 1.807) is 27.8 Å². The molecule has 1 saturated heterocycles. The second-order valence-electron chi connectivity index (χ2n) is 17.1. The minimum Gasteiger partial charge on any atom is -0.480 e. The highest BCUT2D eigenvalue weighted by Gasteiger charge is 2.41. The Balaban J connectivity index is 1.90. The van der Waals surface area contributed by atoms with Crippen molar-refractivity contribution in [1.29, 1.82) is 0 Å². The van der Waals surface area contributed by atoms with E-state index in [1.807, 2.05) is 56.3 Å². The van der Waals surface area contributed by atoms with Crippen LogP contribution in [0.5, 0.6) is 0 Å². The summed E-state index contributed by atoms with van der Waals surface area (Å²) in [4.78, 5) is 87.6. The van der Waals surface area contributed by atoms with Gasteiger partial charge in [-0.05, 0) is 92.6 Å². The Morgan fingerprint density at radius 1 is 0.833 bits per heavy atom. The topological polar surface area (TPSA) is 276 Å². The maximum Gasteiger partial charge on any atom is 0.326 e. The molecule has 1 aliphatic rings. The summed E-state index contributed by atoms with van der Waals surface area (Å²) in [5, 5.41) is 26.0. The van der Waals surface area contributed by atoms with E-state index in [0.717, 1.165) is 16.3 Å². The number of hydrogen-bond acceptors (Lipinski definition) is 9. The molecule has 5 amide bonds. The van der Waals surface area contributed by atoms with Crippen LogP contribution in [-0.4, -0.2) is 114 Å². The van der Waals surface area contributed by atoms with Gasteiger partial charge in [0.2, 0.25) is 29.5 Å². The normalized spacial score (nSPS) is 16.6. The van der Waals surface area contributed by atoms with Crippen molar-refractivity contribution < 1.29 is 33.9 Å². The van der Waals surface area contributed by atoms with Crippen molar-refractivity contribution in [1.82, 2.24) is 31.5 Å². The molecule has 2 aromatic carbocycles. The van der Waals surface area contributed by atoms with E-state index in [2.05, 4.69) is 31.6 Å². The molecule has 0 aliphatic carbocycles. The highest BCUT2D eigenvalue weighted by Crippen LogP contribution is 2.24. The van der Waals surface area contributed by atoms with E-state index in [4.69, 9.17) is 17.2 Å². The van der Waals surface area contributed by atoms with E-state index in [0.29, 0.717) is 58.0 Å². The molecule has 1 fully saturated rings. The van der Waals surface area contributed by atoms with Crippen molar-refractivity contribution in [2.45, 2.75) is 129 Å². The summed E-state index contributed by atoms with van der Waals surface area (Å²) in [5.41, 5.74) is 16.5. The summed E-state index contributed by atoms with van der Waals surface area (Å²) in [6.07, 6.45) is 3.53. The number of rotatable bonds is 23. The molecule has 17 nitrogen and oxygen atoms in total. The maximum absolute atomic E-state index is 14.3. The third-order valence-corrected chi connectivity index (χ3v) is 10.6. The van der Waals surface area contributed by atoms with Crippen molar-refractivity contribution in [3.63, 3.8) is 0 Å². The lowest BCUT2D eigenvalue weighted by Gasteiger charge is -2.33.